The van der Waals surface area contributed by atoms with Gasteiger partial charge in [0.25, 0.3) is 0 Å². The van der Waals surface area contributed by atoms with Gasteiger partial charge in [0.15, 0.2) is 0 Å². The van der Waals surface area contributed by atoms with Crippen LogP contribution in [0.2, 0.25) is 0 Å². The summed E-state index contributed by atoms with van der Waals surface area (Å²) >= 11 is 0. The summed E-state index contributed by atoms with van der Waals surface area (Å²) in [6, 6.07) is 1.21. The molecule has 0 bridgehead atoms. The Balaban J connectivity index is 0.00000144. The van der Waals surface area contributed by atoms with Crippen LogP contribution in [-0.2, 0) is 6.18 Å². The highest BCUT2D eigenvalue weighted by molar-refractivity contribution is 5.85. The molecule has 0 aromatic carbocycles. The molecule has 3 nitrogen and oxygen atoms in total. The topological polar surface area (TPSA) is 34.1 Å². The number of nitrogens with zero attached hydrogens (tertiary/aromatic N) is 1. The number of ether oxygens (including phenoxy) is 1. The number of halogens is 5. The van der Waals surface area contributed by atoms with E-state index in [0.29, 0.717) is 6.61 Å². The summed E-state index contributed by atoms with van der Waals surface area (Å²) < 4.78 is 42.2. The van der Waals surface area contributed by atoms with Crippen LogP contribution in [0.1, 0.15) is 12.0 Å². The van der Waals surface area contributed by atoms with Crippen LogP contribution < -0.4 is 10.1 Å². The van der Waals surface area contributed by atoms with Crippen molar-refractivity contribution in [3.05, 3.63) is 24.0 Å². The Bertz CT molecular complexity index is 372. The molecule has 0 spiro atoms. The minimum absolute atomic E-state index is 0. The van der Waals surface area contributed by atoms with Gasteiger partial charge in [-0.3, -0.25) is 4.98 Å². The Kier molecular flexibility index (Phi) is 6.73. The average molecular weight is 305 g/mol. The molecule has 1 atom stereocenters. The van der Waals surface area contributed by atoms with Crippen LogP contribution in [0.5, 0.6) is 5.75 Å². The van der Waals surface area contributed by atoms with E-state index in [9.17, 15) is 13.2 Å². The number of alkyl halides is 3. The van der Waals surface area contributed by atoms with Gasteiger partial charge in [-0.05, 0) is 19.0 Å². The molecule has 0 amide bonds. The number of nitrogens with one attached hydrogen (secondary N) is 1. The van der Waals surface area contributed by atoms with E-state index in [1.165, 1.54) is 6.20 Å². The molecule has 0 saturated carbocycles. The summed E-state index contributed by atoms with van der Waals surface area (Å²) in [5, 5.41) is 3.09. The second kappa shape index (κ2) is 7.01. The number of aromatic nitrogens is 1. The Morgan fingerprint density at radius 2 is 2.00 bits per heavy atom. The molecule has 1 fully saturated rings. The van der Waals surface area contributed by atoms with Gasteiger partial charge < -0.3 is 10.1 Å². The van der Waals surface area contributed by atoms with Gasteiger partial charge in [-0.1, -0.05) is 0 Å². The van der Waals surface area contributed by atoms with Crippen molar-refractivity contribution < 1.29 is 17.9 Å². The standard InChI is InChI=1S/C10H11F3N2O.2ClH/c11-10(12,13)7-3-9(5-14-4-7)16-6-8-1-2-15-8;;/h3-5,8,15H,1-2,6H2;2*1H/t8-;;/m0../s1. The number of hydrogen-bond donors (Lipinski definition) is 1. The lowest BCUT2D eigenvalue weighted by Crippen LogP contribution is -2.46. The van der Waals surface area contributed by atoms with Gasteiger partial charge in [0.2, 0.25) is 0 Å². The highest BCUT2D eigenvalue weighted by Gasteiger charge is 2.31. The maximum atomic E-state index is 12.3. The zero-order valence-electron chi connectivity index (χ0n) is 9.24. The van der Waals surface area contributed by atoms with Crippen LogP contribution in [0, 0.1) is 0 Å². The normalized spacial score (nSPS) is 18.1. The van der Waals surface area contributed by atoms with E-state index >= 15 is 0 Å². The molecule has 104 valence electrons. The van der Waals surface area contributed by atoms with E-state index in [1.807, 2.05) is 0 Å². The quantitative estimate of drug-likeness (QED) is 0.932. The second-order valence-corrected chi connectivity index (χ2v) is 3.66. The number of rotatable bonds is 3. The van der Waals surface area contributed by atoms with Crippen molar-refractivity contribution in [2.45, 2.75) is 18.6 Å². The third-order valence-electron chi connectivity index (χ3n) is 2.42. The van der Waals surface area contributed by atoms with Crippen LogP contribution in [0.4, 0.5) is 13.2 Å². The molecule has 2 rings (SSSR count). The summed E-state index contributed by atoms with van der Waals surface area (Å²) in [5.41, 5.74) is -0.786. The molecule has 0 radical (unpaired) electrons. The molecular weight excluding hydrogens is 292 g/mol. The third-order valence-corrected chi connectivity index (χ3v) is 2.42. The smallest absolute Gasteiger partial charge is 0.418 e. The summed E-state index contributed by atoms with van der Waals surface area (Å²) in [5.74, 6) is 0.156. The molecule has 1 aliphatic heterocycles. The van der Waals surface area contributed by atoms with Crippen molar-refractivity contribution in [1.82, 2.24) is 10.3 Å². The first-order chi connectivity index (χ1) is 7.55. The molecule has 1 aliphatic rings. The summed E-state index contributed by atoms with van der Waals surface area (Å²) in [7, 11) is 0. The lowest BCUT2D eigenvalue weighted by Gasteiger charge is -2.27. The Morgan fingerprint density at radius 3 is 2.50 bits per heavy atom. The second-order valence-electron chi connectivity index (χ2n) is 3.66. The third kappa shape index (κ3) is 4.51. The van der Waals surface area contributed by atoms with Gasteiger partial charge >= 0.3 is 6.18 Å². The van der Waals surface area contributed by atoms with Gasteiger partial charge in [-0.25, -0.2) is 0 Å². The molecule has 0 aliphatic carbocycles. The predicted octanol–water partition coefficient (Wildman–Crippen LogP) is 2.68. The van der Waals surface area contributed by atoms with E-state index < -0.39 is 11.7 Å². The van der Waals surface area contributed by atoms with Crippen LogP contribution in [0.3, 0.4) is 0 Å². The van der Waals surface area contributed by atoms with Crippen molar-refractivity contribution in [3.8, 4) is 5.75 Å². The van der Waals surface area contributed by atoms with Gasteiger partial charge in [0, 0.05) is 12.2 Å². The molecule has 1 aromatic heterocycles. The predicted molar refractivity (Wildman–Crippen MR) is 65.6 cm³/mol. The number of pyridine rings is 1. The Hall–Kier alpha value is -0.720. The molecule has 18 heavy (non-hydrogen) atoms. The van der Waals surface area contributed by atoms with Crippen LogP contribution in [0.15, 0.2) is 18.5 Å². The SMILES string of the molecule is Cl.Cl.FC(F)(F)c1cncc(OC[C@@H]2CCN2)c1. The van der Waals surface area contributed by atoms with Crippen molar-refractivity contribution >= 4 is 24.8 Å². The molecular formula is C10H13Cl2F3N2O. The lowest BCUT2D eigenvalue weighted by atomic mass is 10.1. The van der Waals surface area contributed by atoms with Crippen LogP contribution in [-0.4, -0.2) is 24.2 Å². The van der Waals surface area contributed by atoms with Crippen LogP contribution >= 0.6 is 24.8 Å². The Labute approximate surface area is 115 Å². The lowest BCUT2D eigenvalue weighted by molar-refractivity contribution is -0.137. The Morgan fingerprint density at radius 1 is 1.33 bits per heavy atom. The minimum Gasteiger partial charge on any atom is -0.490 e. The maximum absolute atomic E-state index is 12.3. The highest BCUT2D eigenvalue weighted by atomic mass is 35.5. The van der Waals surface area contributed by atoms with Crippen molar-refractivity contribution in [2.75, 3.05) is 13.2 Å². The van der Waals surface area contributed by atoms with Gasteiger partial charge in [-0.15, -0.1) is 24.8 Å². The average Bonchev–Trinajstić information content (AvgIpc) is 2.14. The summed E-state index contributed by atoms with van der Waals surface area (Å²) in [6.07, 6.45) is -1.31. The van der Waals surface area contributed by atoms with Crippen molar-refractivity contribution in [3.63, 3.8) is 0 Å². The fraction of sp³-hybridized carbons (Fsp3) is 0.500. The zero-order valence-corrected chi connectivity index (χ0v) is 10.9. The fourth-order valence-corrected chi connectivity index (χ4v) is 1.34. The highest BCUT2D eigenvalue weighted by Crippen LogP contribution is 2.30. The monoisotopic (exact) mass is 304 g/mol. The van der Waals surface area contributed by atoms with Crippen molar-refractivity contribution in [2.24, 2.45) is 0 Å². The molecule has 1 N–H and O–H groups in total. The first-order valence-electron chi connectivity index (χ1n) is 4.94. The fourth-order valence-electron chi connectivity index (χ4n) is 1.34. The van der Waals surface area contributed by atoms with Gasteiger partial charge in [0.1, 0.15) is 12.4 Å². The first-order valence-corrected chi connectivity index (χ1v) is 4.94. The molecule has 2 heterocycles. The first kappa shape index (κ1) is 17.3. The molecule has 8 heteroatoms. The maximum Gasteiger partial charge on any atom is 0.418 e. The van der Waals surface area contributed by atoms with E-state index in [1.54, 1.807) is 0 Å². The molecule has 1 aromatic rings. The molecule has 1 saturated heterocycles. The van der Waals surface area contributed by atoms with Crippen LogP contribution in [0.25, 0.3) is 0 Å². The van der Waals surface area contributed by atoms with E-state index in [4.69, 9.17) is 4.74 Å². The van der Waals surface area contributed by atoms with E-state index in [2.05, 4.69) is 10.3 Å². The van der Waals surface area contributed by atoms with Gasteiger partial charge in [-0.2, -0.15) is 13.2 Å². The summed E-state index contributed by atoms with van der Waals surface area (Å²) in [6.45, 7) is 1.32. The van der Waals surface area contributed by atoms with Crippen molar-refractivity contribution in [1.29, 1.82) is 0 Å². The zero-order chi connectivity index (χ0) is 11.6. The minimum atomic E-state index is -4.37. The molecule has 0 unspecified atom stereocenters. The number of hydrogen-bond acceptors (Lipinski definition) is 3. The van der Waals surface area contributed by atoms with E-state index in [0.717, 1.165) is 25.2 Å². The van der Waals surface area contributed by atoms with Gasteiger partial charge in [0.05, 0.1) is 11.8 Å². The largest absolute Gasteiger partial charge is 0.490 e. The summed E-state index contributed by atoms with van der Waals surface area (Å²) in [4.78, 5) is 3.51. The van der Waals surface area contributed by atoms with E-state index in [-0.39, 0.29) is 36.6 Å².